The van der Waals surface area contributed by atoms with E-state index >= 15 is 0 Å². The molecule has 0 bridgehead atoms. The molecule has 0 unspecified atom stereocenters. The van der Waals surface area contributed by atoms with Crippen LogP contribution in [0.5, 0.6) is 0 Å². The highest BCUT2D eigenvalue weighted by Crippen LogP contribution is 2.23. The molecule has 0 saturated carbocycles. The van der Waals surface area contributed by atoms with Crippen LogP contribution in [0.15, 0.2) is 90.1 Å². The summed E-state index contributed by atoms with van der Waals surface area (Å²) in [4.78, 5) is 5.40. The van der Waals surface area contributed by atoms with Gasteiger partial charge in [-0.15, -0.1) is 0 Å². The van der Waals surface area contributed by atoms with Gasteiger partial charge in [0.05, 0.1) is 0 Å². The number of nitrogens with zero attached hydrogens (tertiary/aromatic N) is 1. The normalized spacial score (nSPS) is 10.7. The van der Waals surface area contributed by atoms with Crippen molar-refractivity contribution in [1.82, 2.24) is 0 Å². The van der Waals surface area contributed by atoms with Crippen LogP contribution in [0.3, 0.4) is 0 Å². The molecule has 1 radical (unpaired) electrons. The first-order valence-electron chi connectivity index (χ1n) is 7.20. The molecule has 22 heavy (non-hydrogen) atoms. The molecule has 2 heteroatoms. The SMILES string of the molecule is [C](=N\OCc1ccccc1-c1ccccc1)/c1ccccc1. The van der Waals surface area contributed by atoms with Crippen molar-refractivity contribution in [2.24, 2.45) is 5.16 Å². The molecule has 0 spiro atoms. The molecule has 0 amide bonds. The Morgan fingerprint density at radius 2 is 1.36 bits per heavy atom. The van der Waals surface area contributed by atoms with E-state index in [1.807, 2.05) is 60.7 Å². The quantitative estimate of drug-likeness (QED) is 0.488. The Hall–Kier alpha value is -2.87. The minimum Gasteiger partial charge on any atom is -0.390 e. The van der Waals surface area contributed by atoms with Crippen molar-refractivity contribution in [1.29, 1.82) is 0 Å². The summed E-state index contributed by atoms with van der Waals surface area (Å²) in [6.45, 7) is 0.422. The van der Waals surface area contributed by atoms with Crippen molar-refractivity contribution in [2.45, 2.75) is 6.61 Å². The first-order chi connectivity index (χ1) is 10.9. The average Bonchev–Trinajstić information content (AvgIpc) is 2.61. The number of benzene rings is 3. The third-order valence-corrected chi connectivity index (χ3v) is 3.34. The van der Waals surface area contributed by atoms with Gasteiger partial charge in [-0.2, -0.15) is 0 Å². The molecule has 0 aromatic heterocycles. The van der Waals surface area contributed by atoms with Gasteiger partial charge in [-0.3, -0.25) is 0 Å². The third kappa shape index (κ3) is 3.61. The fourth-order valence-electron chi connectivity index (χ4n) is 2.24. The highest BCUT2D eigenvalue weighted by atomic mass is 16.6. The van der Waals surface area contributed by atoms with Crippen LogP contribution in [0.2, 0.25) is 0 Å². The minimum absolute atomic E-state index is 0.422. The summed E-state index contributed by atoms with van der Waals surface area (Å²) >= 11 is 0. The van der Waals surface area contributed by atoms with Gasteiger partial charge in [-0.1, -0.05) is 90.1 Å². The van der Waals surface area contributed by atoms with Gasteiger partial charge in [0.15, 0.2) is 0 Å². The Bertz CT molecular complexity index is 736. The van der Waals surface area contributed by atoms with E-state index in [2.05, 4.69) is 35.6 Å². The van der Waals surface area contributed by atoms with E-state index in [9.17, 15) is 0 Å². The van der Waals surface area contributed by atoms with E-state index in [1.165, 1.54) is 5.56 Å². The van der Waals surface area contributed by atoms with E-state index in [1.54, 1.807) is 0 Å². The second-order valence-electron chi connectivity index (χ2n) is 4.87. The average molecular weight is 286 g/mol. The first-order valence-corrected chi connectivity index (χ1v) is 7.20. The minimum atomic E-state index is 0.422. The maximum absolute atomic E-state index is 5.40. The lowest BCUT2D eigenvalue weighted by molar-refractivity contribution is 0.132. The van der Waals surface area contributed by atoms with Crippen LogP contribution in [0.25, 0.3) is 11.1 Å². The largest absolute Gasteiger partial charge is 0.390 e. The Balaban J connectivity index is 1.70. The molecule has 3 aromatic rings. The van der Waals surface area contributed by atoms with Gasteiger partial charge in [0, 0.05) is 5.56 Å². The second-order valence-corrected chi connectivity index (χ2v) is 4.87. The van der Waals surface area contributed by atoms with Crippen molar-refractivity contribution in [3.05, 3.63) is 96.1 Å². The number of hydrogen-bond donors (Lipinski definition) is 0. The highest BCUT2D eigenvalue weighted by Gasteiger charge is 2.04. The summed E-state index contributed by atoms with van der Waals surface area (Å²) in [6, 6.07) is 28.2. The summed E-state index contributed by atoms with van der Waals surface area (Å²) < 4.78 is 0. The second kappa shape index (κ2) is 7.23. The van der Waals surface area contributed by atoms with Gasteiger partial charge in [-0.25, -0.2) is 0 Å². The van der Waals surface area contributed by atoms with Gasteiger partial charge in [-0.05, 0) is 16.7 Å². The molecule has 3 rings (SSSR count). The molecule has 0 saturated heterocycles. The third-order valence-electron chi connectivity index (χ3n) is 3.34. The molecule has 0 atom stereocenters. The zero-order valence-electron chi connectivity index (χ0n) is 12.1. The van der Waals surface area contributed by atoms with Crippen molar-refractivity contribution in [3.63, 3.8) is 0 Å². The summed E-state index contributed by atoms with van der Waals surface area (Å²) in [5.41, 5.74) is 4.35. The van der Waals surface area contributed by atoms with Crippen molar-refractivity contribution >= 4 is 6.21 Å². The van der Waals surface area contributed by atoms with Gasteiger partial charge < -0.3 is 4.84 Å². The zero-order chi connectivity index (χ0) is 15.0. The smallest absolute Gasteiger partial charge is 0.142 e. The van der Waals surface area contributed by atoms with Gasteiger partial charge >= 0.3 is 0 Å². The van der Waals surface area contributed by atoms with Gasteiger partial charge in [0.1, 0.15) is 12.8 Å². The molecule has 0 aliphatic rings. The van der Waals surface area contributed by atoms with Gasteiger partial charge in [0.25, 0.3) is 0 Å². The maximum atomic E-state index is 5.40. The lowest BCUT2D eigenvalue weighted by atomic mass is 10.0. The zero-order valence-corrected chi connectivity index (χ0v) is 12.1. The maximum Gasteiger partial charge on any atom is 0.142 e. The molecule has 0 fully saturated rings. The van der Waals surface area contributed by atoms with Crippen LogP contribution >= 0.6 is 0 Å². The van der Waals surface area contributed by atoms with Crippen LogP contribution in [-0.2, 0) is 11.4 Å². The molecule has 0 aliphatic heterocycles. The summed E-state index contributed by atoms with van der Waals surface area (Å²) in [6.07, 6.45) is 2.88. The van der Waals surface area contributed by atoms with Crippen molar-refractivity contribution in [2.75, 3.05) is 0 Å². The fourth-order valence-corrected chi connectivity index (χ4v) is 2.24. The standard InChI is InChI=1S/C20H16NO/c1-3-9-17(10-4-1)15-21-22-16-19-13-7-8-14-20(19)18-11-5-2-6-12-18/h1-14H,16H2. The number of rotatable bonds is 5. The van der Waals surface area contributed by atoms with Crippen molar-refractivity contribution < 1.29 is 4.84 Å². The van der Waals surface area contributed by atoms with Crippen LogP contribution in [0, 0.1) is 0 Å². The van der Waals surface area contributed by atoms with E-state index in [0.29, 0.717) is 6.61 Å². The van der Waals surface area contributed by atoms with Crippen LogP contribution in [0.1, 0.15) is 11.1 Å². The molecule has 0 N–H and O–H groups in total. The van der Waals surface area contributed by atoms with Gasteiger partial charge in [0.2, 0.25) is 0 Å². The summed E-state index contributed by atoms with van der Waals surface area (Å²) in [5.74, 6) is 0. The summed E-state index contributed by atoms with van der Waals surface area (Å²) in [5, 5.41) is 3.92. The fraction of sp³-hybridized carbons (Fsp3) is 0.0500. The highest BCUT2D eigenvalue weighted by molar-refractivity contribution is 5.78. The van der Waals surface area contributed by atoms with Crippen LogP contribution in [-0.4, -0.2) is 6.21 Å². The molecular weight excluding hydrogens is 270 g/mol. The monoisotopic (exact) mass is 286 g/mol. The topological polar surface area (TPSA) is 21.6 Å². The van der Waals surface area contributed by atoms with E-state index < -0.39 is 0 Å². The Labute approximate surface area is 130 Å². The molecule has 3 aromatic carbocycles. The summed E-state index contributed by atoms with van der Waals surface area (Å²) in [7, 11) is 0. The Kier molecular flexibility index (Phi) is 4.63. The predicted octanol–water partition coefficient (Wildman–Crippen LogP) is 4.78. The van der Waals surface area contributed by atoms with E-state index in [4.69, 9.17) is 4.84 Å². The van der Waals surface area contributed by atoms with Crippen LogP contribution < -0.4 is 0 Å². The van der Waals surface area contributed by atoms with Crippen LogP contribution in [0.4, 0.5) is 0 Å². The number of hydrogen-bond acceptors (Lipinski definition) is 2. The first kappa shape index (κ1) is 14.1. The molecular formula is C20H16NO. The molecule has 0 aliphatic carbocycles. The molecule has 2 nitrogen and oxygen atoms in total. The van der Waals surface area contributed by atoms with E-state index in [-0.39, 0.29) is 0 Å². The lowest BCUT2D eigenvalue weighted by Crippen LogP contribution is -1.92. The Morgan fingerprint density at radius 3 is 2.14 bits per heavy atom. The molecule has 0 heterocycles. The van der Waals surface area contributed by atoms with E-state index in [0.717, 1.165) is 16.7 Å². The predicted molar refractivity (Wildman–Crippen MR) is 89.6 cm³/mol. The van der Waals surface area contributed by atoms with Crippen molar-refractivity contribution in [3.8, 4) is 11.1 Å². The molecule has 107 valence electrons. The Morgan fingerprint density at radius 1 is 0.727 bits per heavy atom. The lowest BCUT2D eigenvalue weighted by Gasteiger charge is -2.08.